The number of hydrogen-bond donors (Lipinski definition) is 1. The summed E-state index contributed by atoms with van der Waals surface area (Å²) in [6.07, 6.45) is 1.04. The topological polar surface area (TPSA) is 56.4 Å². The van der Waals surface area contributed by atoms with E-state index in [1.807, 2.05) is 54.6 Å². The number of carbonyl (C=O) groups excluding carboxylic acids is 2. The van der Waals surface area contributed by atoms with Crippen LogP contribution in [-0.4, -0.2) is 34.3 Å². The number of rotatable bonds is 3. The first-order chi connectivity index (χ1) is 15.7. The Hall–Kier alpha value is -3.70. The molecule has 3 aromatic carbocycles. The summed E-state index contributed by atoms with van der Waals surface area (Å²) in [6, 6.07) is 27.3. The van der Waals surface area contributed by atoms with E-state index < -0.39 is 6.04 Å². The van der Waals surface area contributed by atoms with Gasteiger partial charge in [0.05, 0.1) is 24.2 Å². The molecule has 4 aromatic rings. The molecule has 6 rings (SSSR count). The van der Waals surface area contributed by atoms with Gasteiger partial charge in [-0.25, -0.2) is 4.90 Å². The van der Waals surface area contributed by atoms with Crippen LogP contribution < -0.4 is 4.90 Å². The van der Waals surface area contributed by atoms with Gasteiger partial charge in [-0.2, -0.15) is 0 Å². The molecule has 0 bridgehead atoms. The molecule has 1 N–H and O–H groups in total. The maximum atomic E-state index is 13.5. The molecule has 1 fully saturated rings. The van der Waals surface area contributed by atoms with Crippen LogP contribution in [0.25, 0.3) is 10.9 Å². The number of nitrogens with one attached hydrogen (secondary N) is 1. The number of fused-ring (bicyclic) bond motifs is 3. The summed E-state index contributed by atoms with van der Waals surface area (Å²) in [5.74, 6) is -0.276. The van der Waals surface area contributed by atoms with Crippen molar-refractivity contribution in [3.8, 4) is 0 Å². The number of nitrogens with zero attached hydrogens (tertiary/aromatic N) is 2. The highest BCUT2D eigenvalue weighted by Crippen LogP contribution is 2.41. The molecule has 2 aliphatic rings. The van der Waals surface area contributed by atoms with Crippen molar-refractivity contribution in [3.63, 3.8) is 0 Å². The quantitative estimate of drug-likeness (QED) is 0.498. The third kappa shape index (κ3) is 2.89. The molecule has 5 heteroatoms. The lowest BCUT2D eigenvalue weighted by atomic mass is 9.90. The van der Waals surface area contributed by atoms with E-state index in [0.29, 0.717) is 5.69 Å². The predicted octanol–water partition coefficient (Wildman–Crippen LogP) is 4.45. The molecule has 158 valence electrons. The van der Waals surface area contributed by atoms with Gasteiger partial charge in [0, 0.05) is 23.1 Å². The molecule has 1 saturated heterocycles. The molecule has 5 nitrogen and oxygen atoms in total. The fourth-order valence-corrected chi connectivity index (χ4v) is 5.31. The minimum absolute atomic E-state index is 0.107. The summed E-state index contributed by atoms with van der Waals surface area (Å²) < 4.78 is 0. The maximum Gasteiger partial charge on any atom is 0.251 e. The van der Waals surface area contributed by atoms with Crippen LogP contribution in [0.3, 0.4) is 0 Å². The van der Waals surface area contributed by atoms with Crippen LogP contribution >= 0.6 is 0 Å². The van der Waals surface area contributed by atoms with Crippen molar-refractivity contribution in [2.75, 3.05) is 11.4 Å². The van der Waals surface area contributed by atoms with Gasteiger partial charge in [-0.15, -0.1) is 0 Å². The van der Waals surface area contributed by atoms with Crippen molar-refractivity contribution in [1.82, 2.24) is 9.88 Å². The SMILES string of the molecule is O=C1C[C@H](N2CCc3c([nH]c4ccccc34)[C@@H]2c2ccccc2)C(=O)N1c1ccccc1. The van der Waals surface area contributed by atoms with E-state index in [0.717, 1.165) is 29.7 Å². The standard InChI is InChI=1S/C27H23N3O2/c31-24-17-23(27(32)30(24)19-11-5-2-6-12-19)29-16-15-21-20-13-7-8-14-22(20)28-25(21)26(29)18-9-3-1-4-10-18/h1-14,23,26,28H,15-17H2/t23-,26-/m0/s1. The number of aromatic nitrogens is 1. The first-order valence-corrected chi connectivity index (χ1v) is 11.0. The molecule has 0 spiro atoms. The van der Waals surface area contributed by atoms with E-state index in [1.54, 1.807) is 0 Å². The van der Waals surface area contributed by atoms with Gasteiger partial charge in [0.2, 0.25) is 5.91 Å². The Kier molecular flexibility index (Phi) is 4.44. The Labute approximate surface area is 186 Å². The highest BCUT2D eigenvalue weighted by atomic mass is 16.2. The summed E-state index contributed by atoms with van der Waals surface area (Å²) in [7, 11) is 0. The zero-order chi connectivity index (χ0) is 21.7. The number of amides is 2. The van der Waals surface area contributed by atoms with E-state index in [9.17, 15) is 9.59 Å². The van der Waals surface area contributed by atoms with E-state index in [-0.39, 0.29) is 24.3 Å². The lowest BCUT2D eigenvalue weighted by molar-refractivity contribution is -0.123. The Morgan fingerprint density at radius 2 is 1.50 bits per heavy atom. The van der Waals surface area contributed by atoms with Gasteiger partial charge in [0.1, 0.15) is 0 Å². The number of aromatic amines is 1. The van der Waals surface area contributed by atoms with E-state index in [4.69, 9.17) is 0 Å². The number of benzene rings is 3. The predicted molar refractivity (Wildman–Crippen MR) is 124 cm³/mol. The molecular weight excluding hydrogens is 398 g/mol. The second-order valence-electron chi connectivity index (χ2n) is 8.49. The van der Waals surface area contributed by atoms with Crippen molar-refractivity contribution in [1.29, 1.82) is 0 Å². The van der Waals surface area contributed by atoms with Gasteiger partial charge in [0.25, 0.3) is 5.91 Å². The van der Waals surface area contributed by atoms with Crippen molar-refractivity contribution < 1.29 is 9.59 Å². The first-order valence-electron chi connectivity index (χ1n) is 11.0. The summed E-state index contributed by atoms with van der Waals surface area (Å²) in [4.78, 5) is 33.7. The van der Waals surface area contributed by atoms with Gasteiger partial charge in [-0.3, -0.25) is 14.5 Å². The summed E-state index contributed by atoms with van der Waals surface area (Å²) in [5, 5.41) is 1.24. The van der Waals surface area contributed by atoms with Gasteiger partial charge >= 0.3 is 0 Å². The molecule has 0 aliphatic carbocycles. The molecule has 2 aliphatic heterocycles. The van der Waals surface area contributed by atoms with Crippen molar-refractivity contribution in [2.45, 2.75) is 24.9 Å². The number of H-pyrrole nitrogens is 1. The maximum absolute atomic E-state index is 13.5. The minimum atomic E-state index is -0.479. The van der Waals surface area contributed by atoms with Crippen molar-refractivity contribution in [2.24, 2.45) is 0 Å². The average molecular weight is 422 g/mol. The normalized spacial score (nSPS) is 21.3. The molecule has 2 atom stereocenters. The van der Waals surface area contributed by atoms with Crippen LogP contribution in [0.5, 0.6) is 0 Å². The summed E-state index contributed by atoms with van der Waals surface area (Å²) in [5.41, 5.74) is 5.31. The number of carbonyl (C=O) groups is 2. The number of para-hydroxylation sites is 2. The van der Waals surface area contributed by atoms with Crippen LogP contribution in [0, 0.1) is 0 Å². The zero-order valence-electron chi connectivity index (χ0n) is 17.6. The lowest BCUT2D eigenvalue weighted by Gasteiger charge is -2.39. The molecule has 3 heterocycles. The molecule has 2 amide bonds. The first kappa shape index (κ1) is 19.0. The lowest BCUT2D eigenvalue weighted by Crippen LogP contribution is -2.47. The molecule has 0 radical (unpaired) electrons. The Balaban J connectivity index is 1.45. The monoisotopic (exact) mass is 421 g/mol. The van der Waals surface area contributed by atoms with E-state index >= 15 is 0 Å². The molecule has 1 aromatic heterocycles. The van der Waals surface area contributed by atoms with E-state index in [1.165, 1.54) is 15.8 Å². The fraction of sp³-hybridized carbons (Fsp3) is 0.185. The Morgan fingerprint density at radius 1 is 0.812 bits per heavy atom. The van der Waals surface area contributed by atoms with Gasteiger partial charge < -0.3 is 4.98 Å². The fourth-order valence-electron chi connectivity index (χ4n) is 5.31. The van der Waals surface area contributed by atoms with Crippen LogP contribution in [0.2, 0.25) is 0 Å². The van der Waals surface area contributed by atoms with Gasteiger partial charge in [-0.1, -0.05) is 66.7 Å². The van der Waals surface area contributed by atoms with E-state index in [2.05, 4.69) is 40.2 Å². The van der Waals surface area contributed by atoms with Crippen LogP contribution in [0.1, 0.15) is 29.3 Å². The Morgan fingerprint density at radius 3 is 2.28 bits per heavy atom. The highest BCUT2D eigenvalue weighted by Gasteiger charge is 2.46. The highest BCUT2D eigenvalue weighted by molar-refractivity contribution is 6.22. The number of hydrogen-bond acceptors (Lipinski definition) is 3. The molecule has 32 heavy (non-hydrogen) atoms. The zero-order valence-corrected chi connectivity index (χ0v) is 17.6. The second-order valence-corrected chi connectivity index (χ2v) is 8.49. The third-order valence-corrected chi connectivity index (χ3v) is 6.72. The molecule has 0 saturated carbocycles. The van der Waals surface area contributed by atoms with Crippen LogP contribution in [0.4, 0.5) is 5.69 Å². The average Bonchev–Trinajstić information content (AvgIpc) is 3.36. The van der Waals surface area contributed by atoms with Crippen molar-refractivity contribution >= 4 is 28.4 Å². The second kappa shape index (κ2) is 7.46. The van der Waals surface area contributed by atoms with Crippen molar-refractivity contribution in [3.05, 3.63) is 102 Å². The summed E-state index contributed by atoms with van der Waals surface area (Å²) >= 11 is 0. The summed E-state index contributed by atoms with van der Waals surface area (Å²) in [6.45, 7) is 0.723. The third-order valence-electron chi connectivity index (χ3n) is 6.72. The van der Waals surface area contributed by atoms with Gasteiger partial charge in [-0.05, 0) is 35.7 Å². The minimum Gasteiger partial charge on any atom is -0.357 e. The van der Waals surface area contributed by atoms with Gasteiger partial charge in [0.15, 0.2) is 0 Å². The van der Waals surface area contributed by atoms with Crippen LogP contribution in [0.15, 0.2) is 84.9 Å². The smallest absolute Gasteiger partial charge is 0.251 e. The molecule has 0 unspecified atom stereocenters. The molecular formula is C27H23N3O2. The number of imide groups is 1. The van der Waals surface area contributed by atoms with Crippen LogP contribution in [-0.2, 0) is 16.0 Å². The number of anilines is 1. The largest absolute Gasteiger partial charge is 0.357 e. The Bertz CT molecular complexity index is 1310.